The maximum atomic E-state index is 13.3. The van der Waals surface area contributed by atoms with Gasteiger partial charge < -0.3 is 10.2 Å². The minimum atomic E-state index is -0.493. The molecule has 2 amide bonds. The van der Waals surface area contributed by atoms with Crippen molar-refractivity contribution in [2.24, 2.45) is 0 Å². The lowest BCUT2D eigenvalue weighted by atomic mass is 10.1. The molecule has 0 radical (unpaired) electrons. The maximum absolute atomic E-state index is 13.3. The number of carbonyl (C=O) groups is 2. The van der Waals surface area contributed by atoms with Gasteiger partial charge in [-0.3, -0.25) is 9.59 Å². The van der Waals surface area contributed by atoms with Crippen molar-refractivity contribution in [3.05, 3.63) is 51.7 Å². The van der Waals surface area contributed by atoms with Gasteiger partial charge in [0.2, 0.25) is 5.91 Å². The Kier molecular flexibility index (Phi) is 5.43. The van der Waals surface area contributed by atoms with Crippen LogP contribution in [0.1, 0.15) is 33.9 Å². The molecule has 7 heteroatoms. The van der Waals surface area contributed by atoms with Gasteiger partial charge in [-0.15, -0.1) is 11.3 Å². The van der Waals surface area contributed by atoms with Gasteiger partial charge in [0.15, 0.2) is 0 Å². The van der Waals surface area contributed by atoms with Crippen LogP contribution in [0.3, 0.4) is 0 Å². The van der Waals surface area contributed by atoms with Crippen LogP contribution in [0.4, 0.5) is 4.39 Å². The van der Waals surface area contributed by atoms with E-state index in [2.05, 4.69) is 10.3 Å². The number of hydrogen-bond donors (Lipinski definition) is 1. The molecule has 5 nitrogen and oxygen atoms in total. The zero-order valence-electron chi connectivity index (χ0n) is 14.0. The number of nitrogens with one attached hydrogen (secondary N) is 1. The van der Waals surface area contributed by atoms with Crippen molar-refractivity contribution in [1.82, 2.24) is 15.2 Å². The van der Waals surface area contributed by atoms with Crippen LogP contribution in [-0.4, -0.2) is 40.8 Å². The summed E-state index contributed by atoms with van der Waals surface area (Å²) in [4.78, 5) is 30.9. The lowest BCUT2D eigenvalue weighted by Gasteiger charge is -2.24. The molecule has 1 N–H and O–H groups in total. The van der Waals surface area contributed by atoms with E-state index < -0.39 is 11.9 Å². The number of aryl methyl sites for hydroxylation is 1. The van der Waals surface area contributed by atoms with Gasteiger partial charge in [-0.05, 0) is 38.0 Å². The van der Waals surface area contributed by atoms with Crippen molar-refractivity contribution in [1.29, 1.82) is 0 Å². The van der Waals surface area contributed by atoms with Crippen LogP contribution in [0.15, 0.2) is 29.6 Å². The molecule has 1 aliphatic rings. The molecule has 25 heavy (non-hydrogen) atoms. The number of nitrogens with zero attached hydrogens (tertiary/aromatic N) is 2. The molecule has 2 heterocycles. The van der Waals surface area contributed by atoms with Gasteiger partial charge in [-0.25, -0.2) is 9.37 Å². The zero-order valence-corrected chi connectivity index (χ0v) is 14.8. The number of halogens is 1. The van der Waals surface area contributed by atoms with Crippen molar-refractivity contribution in [2.45, 2.75) is 32.2 Å². The first-order chi connectivity index (χ1) is 12.0. The number of likely N-dealkylation sites (tertiary alicyclic amines) is 1. The quantitative estimate of drug-likeness (QED) is 0.890. The second-order valence-electron chi connectivity index (χ2n) is 6.07. The summed E-state index contributed by atoms with van der Waals surface area (Å²) in [6, 6.07) is 5.09. The first-order valence-electron chi connectivity index (χ1n) is 8.30. The molecule has 2 aromatic rings. The van der Waals surface area contributed by atoms with E-state index in [1.165, 1.54) is 23.1 Å². The normalized spacial score (nSPS) is 16.9. The van der Waals surface area contributed by atoms with E-state index in [0.29, 0.717) is 25.9 Å². The molecule has 1 saturated heterocycles. The minimum absolute atomic E-state index is 0.158. The van der Waals surface area contributed by atoms with Crippen molar-refractivity contribution in [3.8, 4) is 0 Å². The van der Waals surface area contributed by atoms with E-state index >= 15 is 0 Å². The molecular weight excluding hydrogens is 341 g/mol. The number of hydrogen-bond acceptors (Lipinski definition) is 4. The molecule has 0 aliphatic carbocycles. The van der Waals surface area contributed by atoms with Gasteiger partial charge >= 0.3 is 0 Å². The number of carbonyl (C=O) groups excluding carboxylic acids is 2. The Bertz CT molecular complexity index is 777. The third-order valence-electron chi connectivity index (χ3n) is 4.23. The highest BCUT2D eigenvalue weighted by Crippen LogP contribution is 2.20. The van der Waals surface area contributed by atoms with Gasteiger partial charge in [0.05, 0.1) is 10.7 Å². The van der Waals surface area contributed by atoms with Crippen LogP contribution in [0.2, 0.25) is 0 Å². The Morgan fingerprint density at radius 2 is 2.28 bits per heavy atom. The van der Waals surface area contributed by atoms with E-state index in [9.17, 15) is 14.0 Å². The third kappa shape index (κ3) is 4.22. The minimum Gasteiger partial charge on any atom is -0.354 e. The van der Waals surface area contributed by atoms with Crippen LogP contribution < -0.4 is 5.32 Å². The maximum Gasteiger partial charge on any atom is 0.254 e. The summed E-state index contributed by atoms with van der Waals surface area (Å²) in [6.45, 7) is 2.94. The number of benzene rings is 1. The molecule has 0 spiro atoms. The standard InChI is InChI=1S/C18H20FN3O2S/c1-12-21-15(11-25-12)7-8-20-17(23)16-6-3-9-22(16)18(24)13-4-2-5-14(19)10-13/h2,4-5,10-11,16H,3,6-9H2,1H3,(H,20,23)/t16-/m1/s1. The number of aromatic nitrogens is 1. The Morgan fingerprint density at radius 1 is 1.44 bits per heavy atom. The molecule has 1 aliphatic heterocycles. The summed E-state index contributed by atoms with van der Waals surface area (Å²) < 4.78 is 13.3. The summed E-state index contributed by atoms with van der Waals surface area (Å²) in [7, 11) is 0. The van der Waals surface area contributed by atoms with E-state index in [0.717, 1.165) is 17.1 Å². The van der Waals surface area contributed by atoms with E-state index in [-0.39, 0.29) is 17.4 Å². The van der Waals surface area contributed by atoms with Crippen LogP contribution in [0, 0.1) is 12.7 Å². The largest absolute Gasteiger partial charge is 0.354 e. The van der Waals surface area contributed by atoms with Crippen molar-refractivity contribution < 1.29 is 14.0 Å². The molecule has 1 aromatic carbocycles. The lowest BCUT2D eigenvalue weighted by Crippen LogP contribution is -2.46. The highest BCUT2D eigenvalue weighted by Gasteiger charge is 2.34. The van der Waals surface area contributed by atoms with E-state index in [1.54, 1.807) is 17.4 Å². The monoisotopic (exact) mass is 361 g/mol. The van der Waals surface area contributed by atoms with Crippen LogP contribution in [0.5, 0.6) is 0 Å². The fourth-order valence-electron chi connectivity index (χ4n) is 3.02. The summed E-state index contributed by atoms with van der Waals surface area (Å²) in [5, 5.41) is 5.87. The summed E-state index contributed by atoms with van der Waals surface area (Å²) >= 11 is 1.58. The predicted octanol–water partition coefficient (Wildman–Crippen LogP) is 2.55. The molecule has 0 unspecified atom stereocenters. The molecule has 1 fully saturated rings. The van der Waals surface area contributed by atoms with Gasteiger partial charge in [0.25, 0.3) is 5.91 Å². The smallest absolute Gasteiger partial charge is 0.254 e. The first-order valence-corrected chi connectivity index (χ1v) is 9.18. The summed E-state index contributed by atoms with van der Waals surface area (Å²) in [5.74, 6) is -0.911. The van der Waals surface area contributed by atoms with Gasteiger partial charge in [0, 0.05) is 30.5 Å². The lowest BCUT2D eigenvalue weighted by molar-refractivity contribution is -0.124. The van der Waals surface area contributed by atoms with Crippen molar-refractivity contribution in [2.75, 3.05) is 13.1 Å². The molecular formula is C18H20FN3O2S. The Labute approximate surface area is 149 Å². The van der Waals surface area contributed by atoms with Crippen LogP contribution in [0.25, 0.3) is 0 Å². The van der Waals surface area contributed by atoms with E-state index in [1.807, 2.05) is 12.3 Å². The molecule has 1 aromatic heterocycles. The third-order valence-corrected chi connectivity index (χ3v) is 5.06. The summed E-state index contributed by atoms with van der Waals surface area (Å²) in [6.07, 6.45) is 2.06. The zero-order chi connectivity index (χ0) is 17.8. The van der Waals surface area contributed by atoms with E-state index in [4.69, 9.17) is 0 Å². The fraction of sp³-hybridized carbons (Fsp3) is 0.389. The topological polar surface area (TPSA) is 62.3 Å². The number of amides is 2. The SMILES string of the molecule is Cc1nc(CCNC(=O)[C@H]2CCCN2C(=O)c2cccc(F)c2)cs1. The number of rotatable bonds is 5. The molecule has 0 bridgehead atoms. The first kappa shape index (κ1) is 17.5. The predicted molar refractivity (Wildman–Crippen MR) is 94.0 cm³/mol. The van der Waals surface area contributed by atoms with Crippen LogP contribution in [-0.2, 0) is 11.2 Å². The number of thiazole rings is 1. The molecule has 1 atom stereocenters. The highest BCUT2D eigenvalue weighted by atomic mass is 32.1. The Hall–Kier alpha value is -2.28. The molecule has 132 valence electrons. The summed E-state index contributed by atoms with van der Waals surface area (Å²) in [5.41, 5.74) is 1.24. The highest BCUT2D eigenvalue weighted by molar-refractivity contribution is 7.09. The average Bonchev–Trinajstić information content (AvgIpc) is 3.23. The van der Waals surface area contributed by atoms with Crippen LogP contribution >= 0.6 is 11.3 Å². The molecule has 3 rings (SSSR count). The second-order valence-corrected chi connectivity index (χ2v) is 7.13. The van der Waals surface area contributed by atoms with Crippen molar-refractivity contribution >= 4 is 23.2 Å². The average molecular weight is 361 g/mol. The Balaban J connectivity index is 1.58. The van der Waals surface area contributed by atoms with Gasteiger partial charge in [-0.1, -0.05) is 6.07 Å². The van der Waals surface area contributed by atoms with Crippen molar-refractivity contribution in [3.63, 3.8) is 0 Å². The Morgan fingerprint density at radius 3 is 3.00 bits per heavy atom. The van der Waals surface area contributed by atoms with Gasteiger partial charge in [0.1, 0.15) is 11.9 Å². The second kappa shape index (κ2) is 7.74. The fourth-order valence-corrected chi connectivity index (χ4v) is 3.67. The van der Waals surface area contributed by atoms with Gasteiger partial charge in [-0.2, -0.15) is 0 Å². The molecule has 0 saturated carbocycles.